The van der Waals surface area contributed by atoms with Crippen LogP contribution in [0.3, 0.4) is 0 Å². The minimum atomic E-state index is -1.42. The van der Waals surface area contributed by atoms with Crippen LogP contribution in [-0.4, -0.2) is 196 Å². The van der Waals surface area contributed by atoms with Crippen molar-refractivity contribution in [2.75, 3.05) is 46.8 Å². The number of likely N-dealkylation sites (N-methyl/N-ethyl adjacent to an activating group) is 1. The maximum absolute atomic E-state index is 15.4. The van der Waals surface area contributed by atoms with Crippen LogP contribution in [0.4, 0.5) is 24.0 Å². The second-order valence-electron chi connectivity index (χ2n) is 36.4. The van der Waals surface area contributed by atoms with Crippen molar-refractivity contribution in [1.82, 2.24) is 78.0 Å². The maximum Gasteiger partial charge on any atom is 0.407 e. The molecule has 0 radical (unpaired) electrons. The molecule has 8 bridgehead atoms. The van der Waals surface area contributed by atoms with Gasteiger partial charge in [0.1, 0.15) is 58.2 Å². The number of fused-ring (bicyclic) bond motifs is 8. The van der Waals surface area contributed by atoms with Gasteiger partial charge in [-0.15, -0.1) is 0 Å². The Kier molecular flexibility index (Phi) is 38.4. The van der Waals surface area contributed by atoms with E-state index in [1.165, 1.54) is 19.0 Å². The Hall–Kier alpha value is -10.2. The first kappa shape index (κ1) is 100. The normalized spacial score (nSPS) is 14.9. The molecule has 120 heavy (non-hydrogen) atoms. The van der Waals surface area contributed by atoms with Crippen LogP contribution in [0.5, 0.6) is 0 Å². The van der Waals surface area contributed by atoms with Gasteiger partial charge in [-0.2, -0.15) is 0 Å². The molecule has 3 aromatic heterocycles. The lowest BCUT2D eigenvalue weighted by Crippen LogP contribution is -2.59. The lowest BCUT2D eigenvalue weighted by Gasteiger charge is -2.28. The number of unbranched alkanes of at least 4 members (excludes halogenated alkanes) is 5. The van der Waals surface area contributed by atoms with Crippen LogP contribution in [0.1, 0.15) is 297 Å². The van der Waals surface area contributed by atoms with E-state index >= 15 is 14.4 Å². The summed E-state index contributed by atoms with van der Waals surface area (Å²) in [6.07, 6.45) is 2.62. The van der Waals surface area contributed by atoms with Gasteiger partial charge in [0.05, 0.1) is 11.4 Å². The van der Waals surface area contributed by atoms with E-state index in [-0.39, 0.29) is 115 Å². The minimum absolute atomic E-state index is 0.0200. The van der Waals surface area contributed by atoms with Gasteiger partial charge in [0.15, 0.2) is 0 Å². The number of rotatable bonds is 40. The van der Waals surface area contributed by atoms with Crippen LogP contribution in [0, 0.1) is 20.8 Å². The predicted molar refractivity (Wildman–Crippen MR) is 467 cm³/mol. The maximum atomic E-state index is 15.4. The van der Waals surface area contributed by atoms with Crippen LogP contribution in [0.2, 0.25) is 0 Å². The third kappa shape index (κ3) is 34.8. The quantitative estimate of drug-likeness (QED) is 0.0186. The molecule has 5 heterocycles. The second kappa shape index (κ2) is 46.0. The van der Waals surface area contributed by atoms with E-state index < -0.39 is 124 Å². The molecular formula is C89H141N15O16. The number of H-pyrrole nitrogens is 2. The van der Waals surface area contributed by atoms with Gasteiger partial charge in [-0.1, -0.05) is 26.5 Å². The van der Waals surface area contributed by atoms with Gasteiger partial charge in [-0.3, -0.25) is 33.8 Å². The topological polar surface area (TPSA) is 415 Å². The molecule has 0 unspecified atom stereocenters. The molecule has 5 rings (SSSR count). The van der Waals surface area contributed by atoms with E-state index in [0.717, 1.165) is 84.7 Å². The molecule has 0 saturated carbocycles. The molecule has 31 heteroatoms. The van der Waals surface area contributed by atoms with Crippen molar-refractivity contribution in [3.8, 4) is 0 Å². The first-order valence-corrected chi connectivity index (χ1v) is 42.6. The zero-order valence-electron chi connectivity index (χ0n) is 75.8. The van der Waals surface area contributed by atoms with Crippen molar-refractivity contribution in [3.63, 3.8) is 0 Å². The van der Waals surface area contributed by atoms with Gasteiger partial charge >= 0.3 is 30.5 Å². The van der Waals surface area contributed by atoms with E-state index in [1.54, 1.807) is 104 Å². The van der Waals surface area contributed by atoms with Gasteiger partial charge in [-0.05, 0) is 293 Å². The first-order valence-electron chi connectivity index (χ1n) is 42.6. The van der Waals surface area contributed by atoms with Gasteiger partial charge in [0, 0.05) is 104 Å². The standard InChI is InChI=1S/C89H141N15O16/c1-25-58-55(5)69-52-72-59(26-2)54(4)68(96-72)51-70-56(6)60(74(99-70)57(7)67-49-53(3)66(95-67)50-71(58)97-69)42-43-73(105)98-61(37-27-32-44-90-80(111)116-85(8,9)10)75(106)100-62(38-28-33-45-91-81(112)117-86(11,12)13)76(107)101-63(39-29-34-46-92-82(113)118-87(14,15)16)77(108)102-64(40-30-35-47-93-83(114)119-88(17,18)19)78(109)103-65(79(110)104(23)24)41-31-36-48-94-84(115)120-89(20,21)22/h26,49-52,56,60-65,95-96H,2,25,27-48H2,1,3-24H3,(H,90,111)(H,91,112)(H,92,113)(H,93,114)(H,94,115)(H,98,105)(H,100,106)(H,101,107)(H,102,108)(H,103,109)/t56-,60-,61-,62-,63-,64-,65-/m0/s1. The highest BCUT2D eigenvalue weighted by Gasteiger charge is 2.36. The minimum Gasteiger partial charge on any atom is -0.444 e. The monoisotopic (exact) mass is 1680 g/mol. The van der Waals surface area contributed by atoms with E-state index in [1.807, 2.05) is 26.8 Å². The number of amides is 11. The van der Waals surface area contributed by atoms with E-state index in [4.69, 9.17) is 33.7 Å². The zero-order valence-corrected chi connectivity index (χ0v) is 75.8. The number of ether oxygens (including phenoxy) is 5. The molecule has 0 spiro atoms. The largest absolute Gasteiger partial charge is 0.444 e. The molecule has 12 N–H and O–H groups in total. The zero-order chi connectivity index (χ0) is 89.8. The van der Waals surface area contributed by atoms with Crippen LogP contribution >= 0.6 is 0 Å². The van der Waals surface area contributed by atoms with Crippen molar-refractivity contribution in [1.29, 1.82) is 0 Å². The molecule has 2 aliphatic heterocycles. The van der Waals surface area contributed by atoms with E-state index in [2.05, 4.69) is 115 Å². The van der Waals surface area contributed by atoms with Crippen molar-refractivity contribution in [2.45, 2.75) is 331 Å². The molecule has 0 aromatic carbocycles. The summed E-state index contributed by atoms with van der Waals surface area (Å²) in [7, 11) is 3.08. The van der Waals surface area contributed by atoms with E-state index in [0.29, 0.717) is 38.5 Å². The summed E-state index contributed by atoms with van der Waals surface area (Å²) in [4.78, 5) is 173. The number of aryl methyl sites for hydroxylation is 3. The number of aromatic amines is 2. The predicted octanol–water partition coefficient (Wildman–Crippen LogP) is 13.9. The number of alkyl carbamates (subject to hydrolysis) is 5. The summed E-state index contributed by atoms with van der Waals surface area (Å²) >= 11 is 0. The van der Waals surface area contributed by atoms with Crippen LogP contribution in [-0.2, 0) is 52.5 Å². The number of carbonyl (C=O) groups excluding carboxylic acids is 11. The summed E-state index contributed by atoms with van der Waals surface area (Å²) < 4.78 is 27.2. The number of hydrogen-bond donors (Lipinski definition) is 12. The number of nitrogens with zero attached hydrogens (tertiary/aromatic N) is 3. The Morgan fingerprint density at radius 1 is 0.450 bits per heavy atom. The Balaban J connectivity index is 1.55. The average molecular weight is 1680 g/mol. The lowest BCUT2D eigenvalue weighted by molar-refractivity contribution is -0.137. The number of aromatic nitrogens is 4. The summed E-state index contributed by atoms with van der Waals surface area (Å²) in [6.45, 7) is 43.3. The van der Waals surface area contributed by atoms with E-state index in [9.17, 15) is 38.4 Å². The molecule has 3 aromatic rings. The van der Waals surface area contributed by atoms with Gasteiger partial charge < -0.3 is 91.7 Å². The van der Waals surface area contributed by atoms with Crippen LogP contribution < -0.4 is 53.2 Å². The molecule has 0 saturated heterocycles. The summed E-state index contributed by atoms with van der Waals surface area (Å²) in [5.74, 6) is -4.51. The van der Waals surface area contributed by atoms with Crippen LogP contribution in [0.25, 0.3) is 39.3 Å². The molecule has 7 atom stereocenters. The third-order valence-corrected chi connectivity index (χ3v) is 19.9. The lowest BCUT2D eigenvalue weighted by atomic mass is 9.86. The highest BCUT2D eigenvalue weighted by Crippen LogP contribution is 2.42. The third-order valence-electron chi connectivity index (χ3n) is 19.9. The number of carbonyl (C=O) groups is 11. The van der Waals surface area contributed by atoms with Crippen molar-refractivity contribution in [3.05, 3.63) is 75.9 Å². The number of allylic oxidation sites excluding steroid dienone is 2. The highest BCUT2D eigenvalue weighted by molar-refractivity contribution is 5.97. The fourth-order valence-electron chi connectivity index (χ4n) is 13.8. The highest BCUT2D eigenvalue weighted by atomic mass is 16.6. The molecule has 0 fully saturated rings. The van der Waals surface area contributed by atoms with Crippen molar-refractivity contribution in [2.24, 2.45) is 0 Å². The molecule has 31 nitrogen and oxygen atoms in total. The fraction of sp³-hybridized carbons (Fsp3) is 0.652. The molecule has 11 amide bonds. The van der Waals surface area contributed by atoms with Crippen molar-refractivity contribution < 1.29 is 76.4 Å². The Bertz CT molecular complexity index is 4260. The average Bonchev–Trinajstić information content (AvgIpc) is 1.62. The summed E-state index contributed by atoms with van der Waals surface area (Å²) in [6, 6.07) is 1.78. The van der Waals surface area contributed by atoms with Gasteiger partial charge in [-0.25, -0.2) is 29.0 Å². The smallest absolute Gasteiger partial charge is 0.407 e. The summed E-state index contributed by atoms with van der Waals surface area (Å²) in [5.41, 5.74) is 8.93. The Labute approximate surface area is 710 Å². The molecule has 2 aliphatic rings. The summed E-state index contributed by atoms with van der Waals surface area (Å²) in [5, 5.41) is 28.2. The fourth-order valence-corrected chi connectivity index (χ4v) is 13.8. The first-order chi connectivity index (χ1) is 55.9. The number of nitrogens with one attached hydrogen (secondary N) is 12. The SMILES string of the molecule is C=Cc1c(C)c2cc3nc(c(C)c4cc(C)c(cc5nc(cc1[nH]2)C(C)=C5CC)[nH]4)[C@@H](CCC(=O)N[C@@H](CCCCNC(=O)OC(C)(C)C)C(=O)N[C@@H](CCCCNC(=O)OC(C)(C)C)C(=O)N[C@@H](CCCCNC(=O)OC(C)(C)C)C(=O)N[C@@H](CCCCNC(=O)OC(C)(C)C)C(=O)N[C@@H](CCCCNC(=O)OC(C)(C)C)C(=O)N(C)C)[C@@H]3C. The number of hydrogen-bond acceptors (Lipinski definition) is 18. The molecular weight excluding hydrogens is 1540 g/mol. The van der Waals surface area contributed by atoms with Gasteiger partial charge in [0.25, 0.3) is 0 Å². The van der Waals surface area contributed by atoms with Crippen molar-refractivity contribution >= 4 is 105 Å². The Morgan fingerprint density at radius 2 is 0.792 bits per heavy atom. The van der Waals surface area contributed by atoms with Crippen LogP contribution in [0.15, 0.2) is 30.8 Å². The Morgan fingerprint density at radius 3 is 1.15 bits per heavy atom. The second-order valence-corrected chi connectivity index (χ2v) is 36.4. The molecule has 668 valence electrons. The van der Waals surface area contributed by atoms with Gasteiger partial charge in [0.2, 0.25) is 35.4 Å². The molecule has 0 aliphatic carbocycles.